The van der Waals surface area contributed by atoms with Crippen LogP contribution in [0.15, 0.2) is 0 Å². The third kappa shape index (κ3) is 9.07. The summed E-state index contributed by atoms with van der Waals surface area (Å²) in [6.07, 6.45) is 0. The van der Waals surface area contributed by atoms with Gasteiger partial charge in [0.2, 0.25) is 0 Å². The SMILES string of the molecule is [CH2]=[V]([I])[I]. The van der Waals surface area contributed by atoms with Crippen LogP contribution in [0, 0.1) is 0 Å². The maximum absolute atomic E-state index is 3.76. The topological polar surface area (TPSA) is 0 Å². The van der Waals surface area contributed by atoms with Gasteiger partial charge in [0.05, 0.1) is 0 Å². The Kier molecular flexibility index (Phi) is 4.61. The van der Waals surface area contributed by atoms with Crippen LogP contribution in [0.1, 0.15) is 0 Å². The molecule has 0 amide bonds. The van der Waals surface area contributed by atoms with Crippen LogP contribution in [0.4, 0.5) is 0 Å². The quantitative estimate of drug-likeness (QED) is 0.597. The van der Waals surface area contributed by atoms with Crippen molar-refractivity contribution in [1.29, 1.82) is 0 Å². The molecule has 25 valence electrons. The molecule has 0 saturated carbocycles. The van der Waals surface area contributed by atoms with Crippen LogP contribution in [-0.4, -0.2) is 5.23 Å². The normalized spacial score (nSPS) is 6.50. The Bertz CT molecular complexity index is 29.0. The van der Waals surface area contributed by atoms with Crippen molar-refractivity contribution in [3.8, 4) is 0 Å². The van der Waals surface area contributed by atoms with Gasteiger partial charge in [-0.2, -0.15) is 0 Å². The van der Waals surface area contributed by atoms with E-state index in [0.29, 0.717) is 0 Å². The molecule has 0 aromatic heterocycles. The van der Waals surface area contributed by atoms with Gasteiger partial charge in [-0.3, -0.25) is 0 Å². The molecule has 0 spiro atoms. The molecule has 0 aromatic carbocycles. The monoisotopic (exact) mass is 319 g/mol. The van der Waals surface area contributed by atoms with E-state index in [1.165, 1.54) is 0 Å². The Labute approximate surface area is 52.2 Å². The Morgan fingerprint density at radius 2 is 1.50 bits per heavy atom. The van der Waals surface area contributed by atoms with Crippen molar-refractivity contribution in [2.45, 2.75) is 0 Å². The van der Waals surface area contributed by atoms with Crippen molar-refractivity contribution in [2.75, 3.05) is 0 Å². The van der Waals surface area contributed by atoms with Crippen LogP contribution >= 0.6 is 40.0 Å². The van der Waals surface area contributed by atoms with Crippen molar-refractivity contribution in [1.82, 2.24) is 0 Å². The van der Waals surface area contributed by atoms with E-state index in [0.717, 1.165) is 0 Å². The summed E-state index contributed by atoms with van der Waals surface area (Å²) in [4.78, 5) is 0. The fraction of sp³-hybridized carbons (Fsp3) is 0. The summed E-state index contributed by atoms with van der Waals surface area (Å²) in [6, 6.07) is 0. The molecular formula is CH2I2V. The third-order valence-corrected chi connectivity index (χ3v) is 0. The van der Waals surface area contributed by atoms with Crippen LogP contribution in [0.3, 0.4) is 0 Å². The molecule has 3 heteroatoms. The van der Waals surface area contributed by atoms with E-state index in [4.69, 9.17) is 0 Å². The summed E-state index contributed by atoms with van der Waals surface area (Å²) in [5.74, 6) is 0. The van der Waals surface area contributed by atoms with Gasteiger partial charge < -0.3 is 0 Å². The molecule has 0 unspecified atom stereocenters. The van der Waals surface area contributed by atoms with Crippen molar-refractivity contribution in [3.63, 3.8) is 0 Å². The second kappa shape index (κ2) is 3.12. The molecule has 0 nitrogen and oxygen atoms in total. The molecule has 0 N–H and O–H groups in total. The van der Waals surface area contributed by atoms with Crippen LogP contribution in [0.25, 0.3) is 0 Å². The fourth-order valence-corrected chi connectivity index (χ4v) is 0. The second-order valence-corrected chi connectivity index (χ2v) is 18.5. The van der Waals surface area contributed by atoms with Gasteiger partial charge in [0.1, 0.15) is 0 Å². The van der Waals surface area contributed by atoms with Crippen LogP contribution in [-0.2, 0) is 7.89 Å². The van der Waals surface area contributed by atoms with Gasteiger partial charge in [-0.15, -0.1) is 0 Å². The number of hydrogen-bond donors (Lipinski definition) is 0. The molecule has 0 saturated heterocycles. The average Bonchev–Trinajstić information content (AvgIpc) is 0.811. The molecule has 0 heterocycles. The molecular weight excluding hydrogens is 317 g/mol. The maximum atomic E-state index is 3.76. The van der Waals surface area contributed by atoms with Crippen molar-refractivity contribution in [3.05, 3.63) is 0 Å². The molecule has 0 atom stereocenters. The number of halogens is 2. The first-order chi connectivity index (χ1) is 1.73. The van der Waals surface area contributed by atoms with Crippen molar-refractivity contribution in [2.24, 2.45) is 0 Å². The molecule has 0 bridgehead atoms. The van der Waals surface area contributed by atoms with Gasteiger partial charge in [-0.05, 0) is 0 Å². The molecule has 0 radical (unpaired) electrons. The Hall–Kier alpha value is 1.91. The van der Waals surface area contributed by atoms with Gasteiger partial charge in [-0.25, -0.2) is 0 Å². The number of rotatable bonds is 0. The predicted molar refractivity (Wildman–Crippen MR) is 35.2 cm³/mol. The van der Waals surface area contributed by atoms with Gasteiger partial charge >= 0.3 is 53.1 Å². The summed E-state index contributed by atoms with van der Waals surface area (Å²) in [5, 5.41) is 3.76. The molecule has 0 aliphatic rings. The zero-order valence-electron chi connectivity index (χ0n) is 1.91. The van der Waals surface area contributed by atoms with Crippen LogP contribution in [0.5, 0.6) is 0 Å². The average molecular weight is 319 g/mol. The summed E-state index contributed by atoms with van der Waals surface area (Å²) in [6.45, 7) is 0. The molecule has 0 aliphatic carbocycles. The first-order valence-corrected chi connectivity index (χ1v) is 10.7. The van der Waals surface area contributed by atoms with Gasteiger partial charge in [0, 0.05) is 0 Å². The second-order valence-electron chi connectivity index (χ2n) is 0.303. The molecule has 0 fully saturated rings. The van der Waals surface area contributed by atoms with Crippen LogP contribution in [0.2, 0.25) is 0 Å². The zero-order valence-corrected chi connectivity index (χ0v) is 7.62. The molecule has 0 aliphatic heterocycles. The first kappa shape index (κ1) is 5.91. The Morgan fingerprint density at radius 1 is 1.50 bits per heavy atom. The summed E-state index contributed by atoms with van der Waals surface area (Å²) < 4.78 is 0. The van der Waals surface area contributed by atoms with Gasteiger partial charge in [0.15, 0.2) is 0 Å². The van der Waals surface area contributed by atoms with E-state index >= 15 is 0 Å². The van der Waals surface area contributed by atoms with Crippen LogP contribution < -0.4 is 0 Å². The fourth-order valence-electron chi connectivity index (χ4n) is 0. The summed E-state index contributed by atoms with van der Waals surface area (Å²) in [5.41, 5.74) is 0. The predicted octanol–water partition coefficient (Wildman–Crippen LogP) is 1.74. The summed E-state index contributed by atoms with van der Waals surface area (Å²) >= 11 is 4.73. The Morgan fingerprint density at radius 3 is 1.50 bits per heavy atom. The molecule has 0 aromatic rings. The molecule has 0 rings (SSSR count). The standard InChI is InChI=1S/CH2.2HI.V/h1H2;2*1H;/q;;;+2/p-2. The zero-order chi connectivity index (χ0) is 3.58. The van der Waals surface area contributed by atoms with Crippen molar-refractivity contribution >= 4 is 45.2 Å². The minimum absolute atomic E-state index is 0.498. The van der Waals surface area contributed by atoms with Crippen molar-refractivity contribution < 1.29 is 7.89 Å². The first-order valence-electron chi connectivity index (χ1n) is 0.654. The van der Waals surface area contributed by atoms with E-state index in [2.05, 4.69) is 45.2 Å². The Balaban J connectivity index is 2.80. The van der Waals surface area contributed by atoms with E-state index in [9.17, 15) is 0 Å². The summed E-state index contributed by atoms with van der Waals surface area (Å²) in [7, 11) is -0.498. The number of hydrogen-bond acceptors (Lipinski definition) is 0. The van der Waals surface area contributed by atoms with E-state index in [1.807, 2.05) is 0 Å². The van der Waals surface area contributed by atoms with E-state index in [1.54, 1.807) is 0 Å². The van der Waals surface area contributed by atoms with E-state index in [-0.39, 0.29) is 0 Å². The third-order valence-electron chi connectivity index (χ3n) is 0. The van der Waals surface area contributed by atoms with Gasteiger partial charge in [0.25, 0.3) is 0 Å². The minimum atomic E-state index is -0.498. The van der Waals surface area contributed by atoms with E-state index < -0.39 is 7.89 Å². The van der Waals surface area contributed by atoms with Gasteiger partial charge in [-0.1, -0.05) is 0 Å². The molecule has 4 heavy (non-hydrogen) atoms.